The van der Waals surface area contributed by atoms with Crippen LogP contribution in [0.25, 0.3) is 0 Å². The van der Waals surface area contributed by atoms with Crippen LogP contribution in [0.4, 0.5) is 4.79 Å². The molecule has 8 heteroatoms. The summed E-state index contributed by atoms with van der Waals surface area (Å²) < 4.78 is 5.33. The molecule has 1 fully saturated rings. The van der Waals surface area contributed by atoms with Crippen LogP contribution in [0.5, 0.6) is 0 Å². The van der Waals surface area contributed by atoms with E-state index < -0.39 is 12.0 Å². The first-order chi connectivity index (χ1) is 14.4. The lowest BCUT2D eigenvalue weighted by atomic mass is 9.95. The van der Waals surface area contributed by atoms with Gasteiger partial charge in [-0.2, -0.15) is 0 Å². The number of ether oxygens (including phenoxy) is 1. The topological polar surface area (TPSA) is 73.9 Å². The summed E-state index contributed by atoms with van der Waals surface area (Å²) in [6.45, 7) is 10.7. The number of piperazine rings is 1. The standard InChI is InChI=1S/C22H31ClN4O3/c1-4-15(3)27-12-10-26(11-13-27)14-18-19(21(28)30-5-2)20(25-22(29)24-18)16-6-8-17(23)9-7-16/h6-9,15,20H,4-5,10-14H2,1-3H3,(H2,24,25,29)/t15-,20-/m0/s1. The second kappa shape index (κ2) is 10.3. The van der Waals surface area contributed by atoms with Crippen molar-refractivity contribution in [3.8, 4) is 0 Å². The molecule has 1 saturated heterocycles. The Kier molecular flexibility index (Phi) is 7.75. The largest absolute Gasteiger partial charge is 0.463 e. The van der Waals surface area contributed by atoms with Crippen LogP contribution in [-0.2, 0) is 9.53 Å². The first-order valence-corrected chi connectivity index (χ1v) is 11.0. The number of nitrogens with one attached hydrogen (secondary N) is 2. The second-order valence-corrected chi connectivity index (χ2v) is 8.20. The van der Waals surface area contributed by atoms with Crippen molar-refractivity contribution in [3.63, 3.8) is 0 Å². The van der Waals surface area contributed by atoms with Crippen LogP contribution in [0.15, 0.2) is 35.5 Å². The lowest BCUT2D eigenvalue weighted by Gasteiger charge is -2.39. The predicted molar refractivity (Wildman–Crippen MR) is 117 cm³/mol. The van der Waals surface area contributed by atoms with Crippen molar-refractivity contribution >= 4 is 23.6 Å². The number of urea groups is 1. The van der Waals surface area contributed by atoms with Crippen molar-refractivity contribution in [1.82, 2.24) is 20.4 Å². The maximum absolute atomic E-state index is 12.9. The molecule has 0 aromatic heterocycles. The van der Waals surface area contributed by atoms with Crippen LogP contribution < -0.4 is 10.6 Å². The molecule has 7 nitrogen and oxygen atoms in total. The number of hydrogen-bond donors (Lipinski definition) is 2. The Morgan fingerprint density at radius 1 is 1.20 bits per heavy atom. The fourth-order valence-corrected chi connectivity index (χ4v) is 4.07. The van der Waals surface area contributed by atoms with Gasteiger partial charge in [-0.15, -0.1) is 0 Å². The maximum Gasteiger partial charge on any atom is 0.338 e. The number of hydrogen-bond acceptors (Lipinski definition) is 5. The Morgan fingerprint density at radius 3 is 2.47 bits per heavy atom. The molecule has 164 valence electrons. The van der Waals surface area contributed by atoms with Gasteiger partial charge in [0.2, 0.25) is 0 Å². The molecule has 0 unspecified atom stereocenters. The summed E-state index contributed by atoms with van der Waals surface area (Å²) in [6, 6.07) is 6.81. The summed E-state index contributed by atoms with van der Waals surface area (Å²) in [5.41, 5.74) is 1.84. The second-order valence-electron chi connectivity index (χ2n) is 7.77. The highest BCUT2D eigenvalue weighted by atomic mass is 35.5. The molecule has 1 aromatic carbocycles. The Hall–Kier alpha value is -2.09. The number of benzene rings is 1. The van der Waals surface area contributed by atoms with Crippen molar-refractivity contribution in [1.29, 1.82) is 0 Å². The van der Waals surface area contributed by atoms with Crippen molar-refractivity contribution in [2.24, 2.45) is 0 Å². The number of nitrogens with zero attached hydrogens (tertiary/aromatic N) is 2. The third kappa shape index (κ3) is 5.33. The SMILES string of the molecule is CCOC(=O)C1=C(CN2CCN([C@@H](C)CC)CC2)NC(=O)N[C@H]1c1ccc(Cl)cc1. The Balaban J connectivity index is 1.85. The maximum atomic E-state index is 12.9. The van der Waals surface area contributed by atoms with Crippen molar-refractivity contribution in [2.75, 3.05) is 39.3 Å². The van der Waals surface area contributed by atoms with Gasteiger partial charge in [-0.3, -0.25) is 9.80 Å². The average molecular weight is 435 g/mol. The van der Waals surface area contributed by atoms with Gasteiger partial charge < -0.3 is 15.4 Å². The third-order valence-corrected chi connectivity index (χ3v) is 6.11. The van der Waals surface area contributed by atoms with Crippen molar-refractivity contribution in [3.05, 3.63) is 46.1 Å². The Morgan fingerprint density at radius 2 is 1.87 bits per heavy atom. The molecule has 1 aromatic rings. The number of carbonyl (C=O) groups is 2. The van der Waals surface area contributed by atoms with Crippen molar-refractivity contribution in [2.45, 2.75) is 39.3 Å². The van der Waals surface area contributed by atoms with Crippen LogP contribution >= 0.6 is 11.6 Å². The summed E-state index contributed by atoms with van der Waals surface area (Å²) in [5.74, 6) is -0.418. The third-order valence-electron chi connectivity index (χ3n) is 5.86. The highest BCUT2D eigenvalue weighted by Gasteiger charge is 2.34. The van der Waals surface area contributed by atoms with E-state index >= 15 is 0 Å². The van der Waals surface area contributed by atoms with E-state index in [1.807, 2.05) is 12.1 Å². The van der Waals surface area contributed by atoms with Gasteiger partial charge >= 0.3 is 12.0 Å². The van der Waals surface area contributed by atoms with Crippen LogP contribution in [0.1, 0.15) is 38.8 Å². The molecule has 0 aliphatic carbocycles. The van der Waals surface area contributed by atoms with Crippen molar-refractivity contribution < 1.29 is 14.3 Å². The molecule has 0 saturated carbocycles. The van der Waals surface area contributed by atoms with E-state index in [2.05, 4.69) is 34.3 Å². The number of amides is 2. The highest BCUT2D eigenvalue weighted by molar-refractivity contribution is 6.30. The Bertz CT molecular complexity index is 788. The van der Waals surface area contributed by atoms with Crippen LogP contribution in [-0.4, -0.2) is 67.2 Å². The first kappa shape index (κ1) is 22.6. The summed E-state index contributed by atoms with van der Waals surface area (Å²) in [6.07, 6.45) is 1.13. The minimum absolute atomic E-state index is 0.268. The molecule has 2 heterocycles. The molecule has 0 bridgehead atoms. The molecule has 0 spiro atoms. The molecule has 2 amide bonds. The predicted octanol–water partition coefficient (Wildman–Crippen LogP) is 2.93. The van der Waals surface area contributed by atoms with E-state index in [-0.39, 0.29) is 12.6 Å². The van der Waals surface area contributed by atoms with E-state index in [0.29, 0.717) is 28.9 Å². The number of carbonyl (C=O) groups excluding carboxylic acids is 2. The van der Waals surface area contributed by atoms with Crippen LogP contribution in [0.3, 0.4) is 0 Å². The zero-order chi connectivity index (χ0) is 21.7. The normalized spacial score (nSPS) is 21.7. The quantitative estimate of drug-likeness (QED) is 0.645. The van der Waals surface area contributed by atoms with Gasteiger partial charge in [0.1, 0.15) is 0 Å². The van der Waals surface area contributed by atoms with Gasteiger partial charge in [0, 0.05) is 49.5 Å². The minimum atomic E-state index is -0.577. The monoisotopic (exact) mass is 434 g/mol. The van der Waals surface area contributed by atoms with E-state index in [4.69, 9.17) is 16.3 Å². The molecule has 2 atom stereocenters. The Labute approximate surface area is 183 Å². The molecular formula is C22H31ClN4O3. The van der Waals surface area contributed by atoms with E-state index in [1.165, 1.54) is 0 Å². The van der Waals surface area contributed by atoms with Gasteiger partial charge in [-0.1, -0.05) is 30.7 Å². The summed E-state index contributed by atoms with van der Waals surface area (Å²) in [4.78, 5) is 30.0. The average Bonchev–Trinajstić information content (AvgIpc) is 2.74. The zero-order valence-electron chi connectivity index (χ0n) is 17.9. The number of rotatable bonds is 7. The lowest BCUT2D eigenvalue weighted by Crippen LogP contribution is -2.53. The van der Waals surface area contributed by atoms with Gasteiger partial charge in [-0.05, 0) is 38.0 Å². The van der Waals surface area contributed by atoms with Crippen LogP contribution in [0, 0.1) is 0 Å². The molecule has 2 aliphatic heterocycles. The van der Waals surface area contributed by atoms with Gasteiger partial charge in [0.15, 0.2) is 0 Å². The van der Waals surface area contributed by atoms with Gasteiger partial charge in [-0.25, -0.2) is 9.59 Å². The fourth-order valence-electron chi connectivity index (χ4n) is 3.94. The zero-order valence-corrected chi connectivity index (χ0v) is 18.7. The highest BCUT2D eigenvalue weighted by Crippen LogP contribution is 2.29. The van der Waals surface area contributed by atoms with Gasteiger partial charge in [0.25, 0.3) is 0 Å². The van der Waals surface area contributed by atoms with E-state index in [0.717, 1.165) is 38.2 Å². The van der Waals surface area contributed by atoms with Gasteiger partial charge in [0.05, 0.1) is 18.2 Å². The minimum Gasteiger partial charge on any atom is -0.463 e. The summed E-state index contributed by atoms with van der Waals surface area (Å²) in [5, 5.41) is 6.31. The molecule has 2 N–H and O–H groups in total. The van der Waals surface area contributed by atoms with E-state index in [9.17, 15) is 9.59 Å². The number of halogens is 1. The molecule has 30 heavy (non-hydrogen) atoms. The molecule has 2 aliphatic rings. The number of esters is 1. The molecular weight excluding hydrogens is 404 g/mol. The van der Waals surface area contributed by atoms with E-state index in [1.54, 1.807) is 19.1 Å². The summed E-state index contributed by atoms with van der Waals surface area (Å²) >= 11 is 6.02. The fraction of sp³-hybridized carbons (Fsp3) is 0.545. The first-order valence-electron chi connectivity index (χ1n) is 10.6. The molecule has 0 radical (unpaired) electrons. The lowest BCUT2D eigenvalue weighted by molar-refractivity contribution is -0.139. The smallest absolute Gasteiger partial charge is 0.338 e. The molecule has 3 rings (SSSR count). The summed E-state index contributed by atoms with van der Waals surface area (Å²) in [7, 11) is 0. The van der Waals surface area contributed by atoms with Crippen LogP contribution in [0.2, 0.25) is 5.02 Å².